The number of nitrogens with zero attached hydrogens (tertiary/aromatic N) is 4. The van der Waals surface area contributed by atoms with Crippen molar-refractivity contribution >= 4 is 5.95 Å². The fraction of sp³-hybridized carbons (Fsp3) is 0.385. The van der Waals surface area contributed by atoms with E-state index in [2.05, 4.69) is 41.0 Å². The highest BCUT2D eigenvalue weighted by atomic mass is 16.5. The second-order valence-electron chi connectivity index (χ2n) is 8.66. The Labute approximate surface area is 184 Å². The van der Waals surface area contributed by atoms with Crippen molar-refractivity contribution in [2.45, 2.75) is 45.7 Å². The highest BCUT2D eigenvalue weighted by Gasteiger charge is 2.26. The Balaban J connectivity index is 1.43. The molecule has 2 aliphatic rings. The molecular weight excluding hydrogens is 384 g/mol. The molecule has 2 aromatic carbocycles. The molecule has 0 bridgehead atoms. The van der Waals surface area contributed by atoms with E-state index in [1.807, 2.05) is 30.3 Å². The van der Waals surface area contributed by atoms with Gasteiger partial charge >= 0.3 is 0 Å². The minimum absolute atomic E-state index is 0.713. The molecule has 5 nitrogen and oxygen atoms in total. The highest BCUT2D eigenvalue weighted by Crippen LogP contribution is 2.32. The van der Waals surface area contributed by atoms with Gasteiger partial charge in [-0.1, -0.05) is 48.0 Å². The standard InChI is InChI=1S/C26H30N4O/c1-20-10-12-21(13-11-20)18-29-17-14-24-23(19-29)25(31-22-8-4-2-5-9-22)28-26(27-24)30-15-6-3-7-16-30/h2,4-5,8-13H,3,6-7,14-19H2,1H3. The zero-order valence-electron chi connectivity index (χ0n) is 18.3. The lowest BCUT2D eigenvalue weighted by Gasteiger charge is -2.32. The molecule has 5 rings (SSSR count). The fourth-order valence-corrected chi connectivity index (χ4v) is 4.43. The van der Waals surface area contributed by atoms with E-state index in [0.717, 1.165) is 62.1 Å². The van der Waals surface area contributed by atoms with Gasteiger partial charge in [0.2, 0.25) is 11.8 Å². The van der Waals surface area contributed by atoms with E-state index in [1.54, 1.807) is 0 Å². The number of aromatic nitrogens is 2. The van der Waals surface area contributed by atoms with Crippen molar-refractivity contribution < 1.29 is 4.74 Å². The molecular formula is C26H30N4O. The van der Waals surface area contributed by atoms with Crippen LogP contribution in [-0.2, 0) is 19.5 Å². The third kappa shape index (κ3) is 4.72. The summed E-state index contributed by atoms with van der Waals surface area (Å²) in [7, 11) is 0. The average Bonchev–Trinajstić information content (AvgIpc) is 2.82. The molecule has 0 spiro atoms. The summed E-state index contributed by atoms with van der Waals surface area (Å²) in [5.41, 5.74) is 4.90. The van der Waals surface area contributed by atoms with Gasteiger partial charge < -0.3 is 9.64 Å². The van der Waals surface area contributed by atoms with Gasteiger partial charge in [-0.05, 0) is 43.9 Å². The lowest BCUT2D eigenvalue weighted by atomic mass is 10.0. The maximum Gasteiger partial charge on any atom is 0.228 e. The van der Waals surface area contributed by atoms with Gasteiger partial charge in [-0.2, -0.15) is 4.98 Å². The van der Waals surface area contributed by atoms with Gasteiger partial charge in [-0.25, -0.2) is 4.98 Å². The monoisotopic (exact) mass is 414 g/mol. The van der Waals surface area contributed by atoms with Crippen LogP contribution in [0.4, 0.5) is 5.95 Å². The first-order valence-electron chi connectivity index (χ1n) is 11.4. The number of benzene rings is 2. The first-order chi connectivity index (χ1) is 15.2. The number of piperidine rings is 1. The Hall–Kier alpha value is -2.92. The molecule has 0 aliphatic carbocycles. The summed E-state index contributed by atoms with van der Waals surface area (Å²) in [5.74, 6) is 2.37. The molecule has 0 amide bonds. The third-order valence-electron chi connectivity index (χ3n) is 6.21. The van der Waals surface area contributed by atoms with Crippen LogP contribution >= 0.6 is 0 Å². The Kier molecular flexibility index (Phi) is 5.85. The number of rotatable bonds is 5. The van der Waals surface area contributed by atoms with E-state index in [-0.39, 0.29) is 0 Å². The second-order valence-corrected chi connectivity index (χ2v) is 8.66. The van der Waals surface area contributed by atoms with Gasteiger partial charge in [0.05, 0.1) is 11.3 Å². The predicted octanol–water partition coefficient (Wildman–Crippen LogP) is 5.13. The molecule has 31 heavy (non-hydrogen) atoms. The summed E-state index contributed by atoms with van der Waals surface area (Å²) < 4.78 is 6.32. The zero-order valence-corrected chi connectivity index (χ0v) is 18.3. The Bertz CT molecular complexity index is 1010. The minimum Gasteiger partial charge on any atom is -0.439 e. The Morgan fingerprint density at radius 2 is 1.65 bits per heavy atom. The summed E-state index contributed by atoms with van der Waals surface area (Å²) in [4.78, 5) is 14.7. The molecule has 1 fully saturated rings. The van der Waals surface area contributed by atoms with E-state index in [4.69, 9.17) is 14.7 Å². The van der Waals surface area contributed by atoms with Crippen LogP contribution in [0, 0.1) is 6.92 Å². The van der Waals surface area contributed by atoms with E-state index in [0.29, 0.717) is 5.88 Å². The van der Waals surface area contributed by atoms with Crippen molar-refractivity contribution in [1.29, 1.82) is 0 Å². The molecule has 0 unspecified atom stereocenters. The van der Waals surface area contributed by atoms with Crippen molar-refractivity contribution in [3.05, 3.63) is 77.0 Å². The predicted molar refractivity (Wildman–Crippen MR) is 124 cm³/mol. The second kappa shape index (κ2) is 9.06. The van der Waals surface area contributed by atoms with Crippen molar-refractivity contribution in [2.75, 3.05) is 24.5 Å². The van der Waals surface area contributed by atoms with Gasteiger partial charge in [-0.15, -0.1) is 0 Å². The first kappa shape index (κ1) is 20.0. The van der Waals surface area contributed by atoms with Crippen molar-refractivity contribution in [1.82, 2.24) is 14.9 Å². The largest absolute Gasteiger partial charge is 0.439 e. The van der Waals surface area contributed by atoms with Gasteiger partial charge in [0.15, 0.2) is 0 Å². The van der Waals surface area contributed by atoms with E-state index < -0.39 is 0 Å². The number of anilines is 1. The van der Waals surface area contributed by atoms with Crippen LogP contribution in [0.2, 0.25) is 0 Å². The fourth-order valence-electron chi connectivity index (χ4n) is 4.43. The number of hydrogen-bond donors (Lipinski definition) is 0. The van der Waals surface area contributed by atoms with Crippen LogP contribution in [0.1, 0.15) is 41.6 Å². The van der Waals surface area contributed by atoms with Crippen molar-refractivity contribution in [3.8, 4) is 11.6 Å². The van der Waals surface area contributed by atoms with Crippen LogP contribution in [-0.4, -0.2) is 34.5 Å². The van der Waals surface area contributed by atoms with Gasteiger partial charge in [0.25, 0.3) is 0 Å². The lowest BCUT2D eigenvalue weighted by molar-refractivity contribution is 0.238. The van der Waals surface area contributed by atoms with Gasteiger partial charge in [0.1, 0.15) is 5.75 Å². The molecule has 2 aliphatic heterocycles. The molecule has 1 aromatic heterocycles. The minimum atomic E-state index is 0.713. The zero-order chi connectivity index (χ0) is 21.0. The number of aryl methyl sites for hydroxylation is 1. The van der Waals surface area contributed by atoms with Crippen LogP contribution in [0.3, 0.4) is 0 Å². The normalized spacial score (nSPS) is 16.7. The molecule has 160 valence electrons. The maximum atomic E-state index is 6.32. The van der Waals surface area contributed by atoms with E-state index in [9.17, 15) is 0 Å². The SMILES string of the molecule is Cc1ccc(CN2CCc3nc(N4CCCCC4)nc(Oc4ccccc4)c3C2)cc1. The Morgan fingerprint density at radius 3 is 2.42 bits per heavy atom. The third-order valence-corrected chi connectivity index (χ3v) is 6.21. The molecule has 1 saturated heterocycles. The smallest absolute Gasteiger partial charge is 0.228 e. The highest BCUT2D eigenvalue weighted by molar-refractivity contribution is 5.43. The summed E-state index contributed by atoms with van der Waals surface area (Å²) in [6, 6.07) is 18.8. The summed E-state index contributed by atoms with van der Waals surface area (Å²) in [6.07, 6.45) is 4.64. The molecule has 0 atom stereocenters. The van der Waals surface area contributed by atoms with Crippen LogP contribution < -0.4 is 9.64 Å². The van der Waals surface area contributed by atoms with Crippen molar-refractivity contribution in [3.63, 3.8) is 0 Å². The van der Waals surface area contributed by atoms with Gasteiger partial charge in [0, 0.05) is 39.1 Å². The summed E-state index contributed by atoms with van der Waals surface area (Å²) >= 11 is 0. The molecule has 0 N–H and O–H groups in total. The van der Waals surface area contributed by atoms with Crippen molar-refractivity contribution in [2.24, 2.45) is 0 Å². The number of fused-ring (bicyclic) bond motifs is 1. The molecule has 3 heterocycles. The summed E-state index contributed by atoms with van der Waals surface area (Å²) in [5, 5.41) is 0. The lowest BCUT2D eigenvalue weighted by Crippen LogP contribution is -2.34. The van der Waals surface area contributed by atoms with Gasteiger partial charge in [-0.3, -0.25) is 4.90 Å². The van der Waals surface area contributed by atoms with Crippen LogP contribution in [0.5, 0.6) is 11.6 Å². The number of ether oxygens (including phenoxy) is 1. The van der Waals surface area contributed by atoms with E-state index in [1.165, 1.54) is 30.4 Å². The Morgan fingerprint density at radius 1 is 0.871 bits per heavy atom. The average molecular weight is 415 g/mol. The summed E-state index contributed by atoms with van der Waals surface area (Å²) in [6.45, 7) is 6.93. The molecule has 0 radical (unpaired) electrons. The molecule has 0 saturated carbocycles. The topological polar surface area (TPSA) is 41.5 Å². The van der Waals surface area contributed by atoms with Crippen LogP contribution in [0.25, 0.3) is 0 Å². The molecule has 5 heteroatoms. The van der Waals surface area contributed by atoms with Crippen LogP contribution in [0.15, 0.2) is 54.6 Å². The quantitative estimate of drug-likeness (QED) is 0.579. The first-order valence-corrected chi connectivity index (χ1v) is 11.4. The maximum absolute atomic E-state index is 6.32. The number of hydrogen-bond acceptors (Lipinski definition) is 5. The number of para-hydroxylation sites is 1. The van der Waals surface area contributed by atoms with E-state index >= 15 is 0 Å². The molecule has 3 aromatic rings.